The molecule has 106 valence electrons. The molecular weight excluding hydrogens is 277 g/mol. The molecule has 0 aliphatic rings. The van der Waals surface area contributed by atoms with E-state index in [9.17, 15) is 14.1 Å². The maximum Gasteiger partial charge on any atom is 0.340 e. The Bertz CT molecular complexity index is 746. The topological polar surface area (TPSA) is 95.3 Å². The number of halogens is 1. The van der Waals surface area contributed by atoms with Crippen LogP contribution in [-0.4, -0.2) is 17.6 Å². The maximum atomic E-state index is 13.7. The number of aromatic nitrogens is 1. The second-order valence-corrected chi connectivity index (χ2v) is 4.04. The second kappa shape index (κ2) is 5.96. The standard InChI is InChI=1S/C14H10FN3O3/c1-2-21-14(19)9-7-17-12(6-16)13(9)8-3-4-11(18-20)10(15)5-8/h3-5,7,17H,2H2,1H3. The number of nitroso groups, excluding NO2 is 1. The molecule has 1 aromatic carbocycles. The van der Waals surface area contributed by atoms with Crippen LogP contribution >= 0.6 is 0 Å². The van der Waals surface area contributed by atoms with Crippen LogP contribution in [0.15, 0.2) is 29.6 Å². The lowest BCUT2D eigenvalue weighted by Crippen LogP contribution is -2.05. The predicted octanol–water partition coefficient (Wildman–Crippen LogP) is 3.27. The number of carbonyl (C=O) groups is 1. The lowest BCUT2D eigenvalue weighted by Gasteiger charge is -2.05. The van der Waals surface area contributed by atoms with Crippen LogP contribution in [0.3, 0.4) is 0 Å². The van der Waals surface area contributed by atoms with E-state index in [0.717, 1.165) is 6.07 Å². The van der Waals surface area contributed by atoms with Crippen molar-refractivity contribution in [1.29, 1.82) is 5.26 Å². The zero-order valence-corrected chi connectivity index (χ0v) is 11.0. The summed E-state index contributed by atoms with van der Waals surface area (Å²) >= 11 is 0. The molecule has 0 saturated carbocycles. The molecule has 21 heavy (non-hydrogen) atoms. The van der Waals surface area contributed by atoms with Gasteiger partial charge in [0.2, 0.25) is 0 Å². The van der Waals surface area contributed by atoms with Gasteiger partial charge in [0.25, 0.3) is 0 Å². The lowest BCUT2D eigenvalue weighted by atomic mass is 10.0. The van der Waals surface area contributed by atoms with Crippen LogP contribution < -0.4 is 0 Å². The number of ether oxygens (including phenoxy) is 1. The number of aromatic amines is 1. The van der Waals surface area contributed by atoms with Crippen LogP contribution in [-0.2, 0) is 4.74 Å². The van der Waals surface area contributed by atoms with Gasteiger partial charge in [-0.1, -0.05) is 6.07 Å². The molecule has 2 aromatic rings. The summed E-state index contributed by atoms with van der Waals surface area (Å²) in [6, 6.07) is 5.52. The highest BCUT2D eigenvalue weighted by atomic mass is 19.1. The molecular formula is C14H10FN3O3. The molecule has 0 spiro atoms. The van der Waals surface area contributed by atoms with Crippen LogP contribution in [0.5, 0.6) is 0 Å². The summed E-state index contributed by atoms with van der Waals surface area (Å²) in [5.74, 6) is -1.45. The van der Waals surface area contributed by atoms with Gasteiger partial charge in [-0.05, 0) is 29.8 Å². The number of benzene rings is 1. The summed E-state index contributed by atoms with van der Waals surface area (Å²) < 4.78 is 18.5. The molecule has 0 radical (unpaired) electrons. The zero-order chi connectivity index (χ0) is 15.4. The predicted molar refractivity (Wildman–Crippen MR) is 72.3 cm³/mol. The first-order valence-electron chi connectivity index (χ1n) is 6.04. The van der Waals surface area contributed by atoms with Crippen molar-refractivity contribution < 1.29 is 13.9 Å². The highest BCUT2D eigenvalue weighted by molar-refractivity contribution is 5.98. The molecule has 0 saturated heterocycles. The number of H-pyrrole nitrogens is 1. The Balaban J connectivity index is 2.59. The third-order valence-corrected chi connectivity index (χ3v) is 2.82. The number of hydrogen-bond donors (Lipinski definition) is 1. The van der Waals surface area contributed by atoms with Crippen molar-refractivity contribution in [3.8, 4) is 17.2 Å². The molecule has 1 aromatic heterocycles. The third-order valence-electron chi connectivity index (χ3n) is 2.82. The first-order valence-corrected chi connectivity index (χ1v) is 6.04. The molecule has 0 aliphatic carbocycles. The van der Waals surface area contributed by atoms with Crippen LogP contribution in [0.1, 0.15) is 23.0 Å². The Kier molecular flexibility index (Phi) is 4.09. The molecule has 1 N–H and O–H groups in total. The van der Waals surface area contributed by atoms with Crippen LogP contribution in [0, 0.1) is 22.1 Å². The number of rotatable bonds is 4. The largest absolute Gasteiger partial charge is 0.462 e. The summed E-state index contributed by atoms with van der Waals surface area (Å²) in [6.07, 6.45) is 1.33. The number of esters is 1. The first kappa shape index (κ1) is 14.4. The fourth-order valence-electron chi connectivity index (χ4n) is 1.92. The number of nitrogens with one attached hydrogen (secondary N) is 1. The van der Waals surface area contributed by atoms with Crippen molar-refractivity contribution in [3.63, 3.8) is 0 Å². The molecule has 0 aliphatic heterocycles. The van der Waals surface area contributed by atoms with E-state index in [0.29, 0.717) is 0 Å². The summed E-state index contributed by atoms with van der Waals surface area (Å²) in [7, 11) is 0. The zero-order valence-electron chi connectivity index (χ0n) is 11.0. The Hall–Kier alpha value is -3.01. The van der Waals surface area contributed by atoms with E-state index < -0.39 is 11.8 Å². The van der Waals surface area contributed by atoms with Crippen molar-refractivity contribution >= 4 is 11.7 Å². The summed E-state index contributed by atoms with van der Waals surface area (Å²) in [5, 5.41) is 11.6. The van der Waals surface area contributed by atoms with Gasteiger partial charge in [0.05, 0.1) is 12.2 Å². The van der Waals surface area contributed by atoms with E-state index in [1.165, 1.54) is 18.3 Å². The average Bonchev–Trinajstić information content (AvgIpc) is 2.91. The van der Waals surface area contributed by atoms with E-state index in [4.69, 9.17) is 10.00 Å². The van der Waals surface area contributed by atoms with E-state index in [2.05, 4.69) is 10.2 Å². The Morgan fingerprint density at radius 3 is 2.86 bits per heavy atom. The highest BCUT2D eigenvalue weighted by Gasteiger charge is 2.20. The molecule has 7 heteroatoms. The molecule has 2 rings (SSSR count). The quantitative estimate of drug-likeness (QED) is 0.689. The summed E-state index contributed by atoms with van der Waals surface area (Å²) in [5.41, 5.74) is 0.391. The van der Waals surface area contributed by atoms with Gasteiger partial charge in [0.1, 0.15) is 17.5 Å². The van der Waals surface area contributed by atoms with Gasteiger partial charge >= 0.3 is 5.97 Å². The Labute approximate surface area is 119 Å². The van der Waals surface area contributed by atoms with Crippen molar-refractivity contribution in [2.75, 3.05) is 6.61 Å². The molecule has 0 bridgehead atoms. The number of nitriles is 1. The van der Waals surface area contributed by atoms with Gasteiger partial charge in [0.15, 0.2) is 5.82 Å². The number of carbonyl (C=O) groups excluding carboxylic acids is 1. The minimum Gasteiger partial charge on any atom is -0.462 e. The third kappa shape index (κ3) is 2.65. The Morgan fingerprint density at radius 2 is 2.29 bits per heavy atom. The van der Waals surface area contributed by atoms with Gasteiger partial charge in [-0.15, -0.1) is 4.91 Å². The highest BCUT2D eigenvalue weighted by Crippen LogP contribution is 2.31. The van der Waals surface area contributed by atoms with Gasteiger partial charge in [0, 0.05) is 11.8 Å². The molecule has 1 heterocycles. The molecule has 0 fully saturated rings. The van der Waals surface area contributed by atoms with Crippen molar-refractivity contribution in [3.05, 3.63) is 46.4 Å². The fraction of sp³-hybridized carbons (Fsp3) is 0.143. The van der Waals surface area contributed by atoms with E-state index >= 15 is 0 Å². The molecule has 0 unspecified atom stereocenters. The maximum absolute atomic E-state index is 13.7. The van der Waals surface area contributed by atoms with Gasteiger partial charge in [-0.25, -0.2) is 9.18 Å². The van der Waals surface area contributed by atoms with Gasteiger partial charge in [-0.3, -0.25) is 0 Å². The lowest BCUT2D eigenvalue weighted by molar-refractivity contribution is 0.0527. The first-order chi connectivity index (χ1) is 10.1. The van der Waals surface area contributed by atoms with E-state index in [1.807, 2.05) is 6.07 Å². The van der Waals surface area contributed by atoms with Crippen molar-refractivity contribution in [1.82, 2.24) is 4.98 Å². The van der Waals surface area contributed by atoms with Gasteiger partial charge < -0.3 is 9.72 Å². The molecule has 6 nitrogen and oxygen atoms in total. The smallest absolute Gasteiger partial charge is 0.340 e. The van der Waals surface area contributed by atoms with E-state index in [1.54, 1.807) is 6.92 Å². The molecule has 0 amide bonds. The number of nitrogens with zero attached hydrogens (tertiary/aromatic N) is 2. The van der Waals surface area contributed by atoms with Crippen LogP contribution in [0.25, 0.3) is 11.1 Å². The average molecular weight is 287 g/mol. The minimum absolute atomic E-state index is 0.101. The van der Waals surface area contributed by atoms with Gasteiger partial charge in [-0.2, -0.15) is 5.26 Å². The number of hydrogen-bond acceptors (Lipinski definition) is 5. The Morgan fingerprint density at radius 1 is 1.52 bits per heavy atom. The van der Waals surface area contributed by atoms with Crippen molar-refractivity contribution in [2.45, 2.75) is 6.92 Å². The SMILES string of the molecule is CCOC(=O)c1c[nH]c(C#N)c1-c1ccc(N=O)c(F)c1. The normalized spacial score (nSPS) is 9.95. The summed E-state index contributed by atoms with van der Waals surface area (Å²) in [4.78, 5) is 24.9. The minimum atomic E-state index is -0.831. The monoisotopic (exact) mass is 287 g/mol. The van der Waals surface area contributed by atoms with E-state index in [-0.39, 0.29) is 34.7 Å². The molecule has 0 atom stereocenters. The second-order valence-electron chi connectivity index (χ2n) is 4.04. The van der Waals surface area contributed by atoms with Crippen LogP contribution in [0.2, 0.25) is 0 Å². The van der Waals surface area contributed by atoms with Crippen molar-refractivity contribution in [2.24, 2.45) is 5.18 Å². The fourth-order valence-corrected chi connectivity index (χ4v) is 1.92. The van der Waals surface area contributed by atoms with Crippen LogP contribution in [0.4, 0.5) is 10.1 Å². The summed E-state index contributed by atoms with van der Waals surface area (Å²) in [6.45, 7) is 1.83.